The van der Waals surface area contributed by atoms with Crippen molar-refractivity contribution in [3.8, 4) is 10.6 Å². The van der Waals surface area contributed by atoms with Crippen molar-refractivity contribution in [2.24, 2.45) is 0 Å². The monoisotopic (exact) mass is 368 g/mol. The number of nitrogens with zero attached hydrogens (tertiary/aromatic N) is 2. The molecular formula is C18H19F3N2OS. The fourth-order valence-electron chi connectivity index (χ4n) is 3.15. The minimum Gasteiger partial charge on any atom is -0.337 e. The van der Waals surface area contributed by atoms with Crippen molar-refractivity contribution >= 4 is 17.2 Å². The first-order valence-electron chi connectivity index (χ1n) is 8.26. The Morgan fingerprint density at radius 2 is 1.96 bits per heavy atom. The van der Waals surface area contributed by atoms with E-state index in [1.807, 2.05) is 0 Å². The summed E-state index contributed by atoms with van der Waals surface area (Å²) in [5.41, 5.74) is -0.0444. The average Bonchev–Trinajstić information content (AvgIpc) is 3.11. The lowest BCUT2D eigenvalue weighted by Crippen LogP contribution is -2.38. The number of carbonyl (C=O) groups is 1. The highest BCUT2D eigenvalue weighted by Crippen LogP contribution is 2.33. The van der Waals surface area contributed by atoms with Crippen LogP contribution in [0.5, 0.6) is 0 Å². The van der Waals surface area contributed by atoms with Gasteiger partial charge in [0.1, 0.15) is 10.7 Å². The van der Waals surface area contributed by atoms with E-state index in [9.17, 15) is 18.0 Å². The Kier molecular flexibility index (Phi) is 5.13. The summed E-state index contributed by atoms with van der Waals surface area (Å²) in [5.74, 6) is -0.165. The fourth-order valence-corrected chi connectivity index (χ4v) is 3.94. The van der Waals surface area contributed by atoms with E-state index in [0.29, 0.717) is 16.3 Å². The number of thiazole rings is 1. The van der Waals surface area contributed by atoms with E-state index >= 15 is 0 Å². The molecule has 134 valence electrons. The summed E-state index contributed by atoms with van der Waals surface area (Å²) in [7, 11) is 1.78. The number of aromatic nitrogens is 1. The van der Waals surface area contributed by atoms with Gasteiger partial charge in [0.05, 0.1) is 5.56 Å². The van der Waals surface area contributed by atoms with Gasteiger partial charge in [-0.1, -0.05) is 31.4 Å². The summed E-state index contributed by atoms with van der Waals surface area (Å²) in [5, 5.41) is 2.04. The van der Waals surface area contributed by atoms with Gasteiger partial charge in [0.25, 0.3) is 5.91 Å². The molecule has 1 heterocycles. The highest BCUT2D eigenvalue weighted by atomic mass is 32.1. The normalized spacial score (nSPS) is 16.0. The Morgan fingerprint density at radius 1 is 1.24 bits per heavy atom. The maximum absolute atomic E-state index is 12.9. The van der Waals surface area contributed by atoms with Gasteiger partial charge in [-0.2, -0.15) is 13.2 Å². The zero-order valence-corrected chi connectivity index (χ0v) is 14.7. The molecule has 7 heteroatoms. The van der Waals surface area contributed by atoms with E-state index in [-0.39, 0.29) is 11.9 Å². The smallest absolute Gasteiger partial charge is 0.337 e. The second-order valence-corrected chi connectivity index (χ2v) is 7.18. The Bertz CT molecular complexity index is 751. The number of benzene rings is 1. The lowest BCUT2D eigenvalue weighted by molar-refractivity contribution is -0.137. The largest absolute Gasteiger partial charge is 0.416 e. The van der Waals surface area contributed by atoms with Crippen LogP contribution in [0.1, 0.15) is 48.2 Å². The predicted molar refractivity (Wildman–Crippen MR) is 91.5 cm³/mol. The Morgan fingerprint density at radius 3 is 2.64 bits per heavy atom. The van der Waals surface area contributed by atoms with Gasteiger partial charge >= 0.3 is 6.18 Å². The number of hydrogen-bond acceptors (Lipinski definition) is 3. The molecule has 25 heavy (non-hydrogen) atoms. The number of rotatable bonds is 3. The molecule has 1 aliphatic rings. The molecule has 1 fully saturated rings. The minimum absolute atomic E-state index is 0.165. The number of alkyl halides is 3. The number of halogens is 3. The van der Waals surface area contributed by atoms with Crippen molar-refractivity contribution < 1.29 is 18.0 Å². The summed E-state index contributed by atoms with van der Waals surface area (Å²) in [6, 6.07) is 5.25. The summed E-state index contributed by atoms with van der Waals surface area (Å²) in [4.78, 5) is 18.6. The maximum Gasteiger partial charge on any atom is 0.416 e. The number of hydrogen-bond donors (Lipinski definition) is 0. The van der Waals surface area contributed by atoms with Crippen molar-refractivity contribution in [1.82, 2.24) is 9.88 Å². The Hall–Kier alpha value is -1.89. The van der Waals surface area contributed by atoms with Crippen molar-refractivity contribution in [3.63, 3.8) is 0 Å². The molecule has 0 spiro atoms. The summed E-state index contributed by atoms with van der Waals surface area (Å²) >= 11 is 1.19. The first-order chi connectivity index (χ1) is 11.9. The highest BCUT2D eigenvalue weighted by molar-refractivity contribution is 7.13. The quantitative estimate of drug-likeness (QED) is 0.743. The predicted octanol–water partition coefficient (Wildman–Crippen LogP) is 5.23. The van der Waals surface area contributed by atoms with Crippen LogP contribution in [0.4, 0.5) is 13.2 Å². The SMILES string of the molecule is CN(C(=O)c1csc(-c2cccc(C(F)(F)F)c2)n1)C1CCCCC1. The zero-order valence-electron chi connectivity index (χ0n) is 13.8. The third kappa shape index (κ3) is 4.03. The molecule has 0 atom stereocenters. The molecule has 1 aromatic carbocycles. The van der Waals surface area contributed by atoms with Crippen molar-refractivity contribution in [1.29, 1.82) is 0 Å². The molecule has 0 aliphatic heterocycles. The maximum atomic E-state index is 12.9. The molecule has 1 saturated carbocycles. The van der Waals surface area contributed by atoms with E-state index in [1.54, 1.807) is 23.4 Å². The van der Waals surface area contributed by atoms with Gasteiger partial charge in [0, 0.05) is 24.0 Å². The molecule has 1 amide bonds. The average molecular weight is 368 g/mol. The topological polar surface area (TPSA) is 33.2 Å². The second-order valence-electron chi connectivity index (χ2n) is 6.32. The molecule has 3 nitrogen and oxygen atoms in total. The third-order valence-corrected chi connectivity index (χ3v) is 5.49. The summed E-state index contributed by atoms with van der Waals surface area (Å²) < 4.78 is 38.6. The van der Waals surface area contributed by atoms with E-state index < -0.39 is 11.7 Å². The van der Waals surface area contributed by atoms with Crippen LogP contribution in [0.25, 0.3) is 10.6 Å². The van der Waals surface area contributed by atoms with Crippen molar-refractivity contribution in [2.45, 2.75) is 44.3 Å². The van der Waals surface area contributed by atoms with Crippen LogP contribution < -0.4 is 0 Å². The second kappa shape index (κ2) is 7.15. The van der Waals surface area contributed by atoms with Crippen LogP contribution in [-0.4, -0.2) is 28.9 Å². The molecule has 0 radical (unpaired) electrons. The Labute approximate surface area is 148 Å². The number of carbonyl (C=O) groups excluding carboxylic acids is 1. The molecule has 0 bridgehead atoms. The van der Waals surface area contributed by atoms with Gasteiger partial charge in [-0.25, -0.2) is 4.98 Å². The van der Waals surface area contributed by atoms with E-state index in [1.165, 1.54) is 23.8 Å². The van der Waals surface area contributed by atoms with Crippen molar-refractivity contribution in [2.75, 3.05) is 7.05 Å². The standard InChI is InChI=1S/C18H19F3N2OS/c1-23(14-8-3-2-4-9-14)17(24)15-11-25-16(22-15)12-6-5-7-13(10-12)18(19,20)21/h5-7,10-11,14H,2-4,8-9H2,1H3. The van der Waals surface area contributed by atoms with E-state index in [0.717, 1.165) is 37.8 Å². The van der Waals surface area contributed by atoms with Gasteiger partial charge in [0.15, 0.2) is 0 Å². The Balaban J connectivity index is 1.79. The molecule has 2 aromatic rings. The van der Waals surface area contributed by atoms with E-state index in [4.69, 9.17) is 0 Å². The minimum atomic E-state index is -4.40. The summed E-state index contributed by atoms with van der Waals surface area (Å²) in [6.45, 7) is 0. The van der Waals surface area contributed by atoms with E-state index in [2.05, 4.69) is 4.98 Å². The highest BCUT2D eigenvalue weighted by Gasteiger charge is 2.31. The van der Waals surface area contributed by atoms with Crippen LogP contribution >= 0.6 is 11.3 Å². The lowest BCUT2D eigenvalue weighted by Gasteiger charge is -2.30. The van der Waals surface area contributed by atoms with Crippen LogP contribution in [0.15, 0.2) is 29.6 Å². The molecule has 1 aliphatic carbocycles. The molecule has 0 N–H and O–H groups in total. The number of amides is 1. The van der Waals surface area contributed by atoms with Gasteiger partial charge < -0.3 is 4.90 Å². The van der Waals surface area contributed by atoms with Gasteiger partial charge in [0.2, 0.25) is 0 Å². The molecule has 1 aromatic heterocycles. The molecule has 3 rings (SSSR count). The van der Waals surface area contributed by atoms with Gasteiger partial charge in [-0.05, 0) is 25.0 Å². The van der Waals surface area contributed by atoms with Gasteiger partial charge in [-0.3, -0.25) is 4.79 Å². The van der Waals surface area contributed by atoms with Crippen molar-refractivity contribution in [3.05, 3.63) is 40.9 Å². The molecule has 0 unspecified atom stereocenters. The fraction of sp³-hybridized carbons (Fsp3) is 0.444. The van der Waals surface area contributed by atoms with Crippen LogP contribution in [0.2, 0.25) is 0 Å². The van der Waals surface area contributed by atoms with Gasteiger partial charge in [-0.15, -0.1) is 11.3 Å². The van der Waals surface area contributed by atoms with Crippen LogP contribution in [0.3, 0.4) is 0 Å². The van der Waals surface area contributed by atoms with Crippen LogP contribution in [-0.2, 0) is 6.18 Å². The lowest BCUT2D eigenvalue weighted by atomic mass is 9.94. The first-order valence-corrected chi connectivity index (χ1v) is 9.14. The molecule has 0 saturated heterocycles. The van der Waals surface area contributed by atoms with Crippen LogP contribution in [0, 0.1) is 0 Å². The third-order valence-electron chi connectivity index (χ3n) is 4.60. The zero-order chi connectivity index (χ0) is 18.0. The summed E-state index contributed by atoms with van der Waals surface area (Å²) in [6.07, 6.45) is 1.03. The molecular weight excluding hydrogens is 349 g/mol. The first kappa shape index (κ1) is 17.9.